The van der Waals surface area contributed by atoms with Crippen molar-refractivity contribution in [2.24, 2.45) is 0 Å². The number of nitro groups is 1. The normalized spacial score (nSPS) is 10.2. The van der Waals surface area contributed by atoms with Gasteiger partial charge in [-0.1, -0.05) is 13.3 Å². The molecule has 0 bridgehead atoms. The summed E-state index contributed by atoms with van der Waals surface area (Å²) in [6.07, 6.45) is 4.88. The number of imidazole rings is 1. The number of nitrogens with zero attached hydrogens (tertiary/aromatic N) is 3. The Labute approximate surface area is 80.4 Å². The van der Waals surface area contributed by atoms with E-state index >= 15 is 0 Å². The summed E-state index contributed by atoms with van der Waals surface area (Å²) in [6, 6.07) is 0. The third-order valence-electron chi connectivity index (χ3n) is 1.50. The van der Waals surface area contributed by atoms with E-state index in [0.717, 1.165) is 18.6 Å². The van der Waals surface area contributed by atoms with Crippen LogP contribution in [0.2, 0.25) is 0 Å². The molecular weight excluding hydrogens is 190 g/mol. The maximum Gasteiger partial charge on any atom is 0.354 e. The minimum Gasteiger partial charge on any atom is -0.358 e. The first-order valence-electron chi connectivity index (χ1n) is 4.05. The number of aromatic nitrogens is 2. The number of hydrogen-bond donors (Lipinski definition) is 0. The molecule has 0 unspecified atom stereocenters. The summed E-state index contributed by atoms with van der Waals surface area (Å²) in [5, 5.41) is 10.4. The molecule has 0 saturated heterocycles. The zero-order chi connectivity index (χ0) is 9.68. The molecule has 0 aliphatic heterocycles. The van der Waals surface area contributed by atoms with E-state index in [1.165, 1.54) is 28.4 Å². The van der Waals surface area contributed by atoms with Crippen molar-refractivity contribution >= 4 is 17.8 Å². The highest BCUT2D eigenvalue weighted by Gasteiger charge is 2.12. The molecule has 0 radical (unpaired) electrons. The van der Waals surface area contributed by atoms with Gasteiger partial charge in [0.25, 0.3) is 0 Å². The predicted molar refractivity (Wildman–Crippen MR) is 51.6 cm³/mol. The lowest BCUT2D eigenvalue weighted by Gasteiger charge is -1.97. The molecule has 1 aromatic rings. The monoisotopic (exact) mass is 201 g/mol. The van der Waals surface area contributed by atoms with Crippen molar-refractivity contribution in [3.05, 3.63) is 22.6 Å². The molecule has 0 N–H and O–H groups in total. The lowest BCUT2D eigenvalue weighted by atomic mass is 10.4. The summed E-state index contributed by atoms with van der Waals surface area (Å²) in [5.74, 6) is 0.925. The second kappa shape index (κ2) is 4.86. The lowest BCUT2D eigenvalue weighted by molar-refractivity contribution is -0.390. The molecule has 1 aromatic heterocycles. The fourth-order valence-corrected chi connectivity index (χ4v) is 1.79. The standard InChI is InChI=1S/C7H11N3O2S/c1-2-3-4-13-9-6-8-5-7(9)10(11)12/h5-6H,2-4H2,1H3. The van der Waals surface area contributed by atoms with E-state index in [2.05, 4.69) is 11.9 Å². The maximum atomic E-state index is 10.4. The third-order valence-corrected chi connectivity index (χ3v) is 2.53. The van der Waals surface area contributed by atoms with Crippen LogP contribution >= 0.6 is 11.9 Å². The quantitative estimate of drug-likeness (QED) is 0.415. The number of unbranched alkanes of at least 4 members (excludes halogenated alkanes) is 1. The van der Waals surface area contributed by atoms with Crippen LogP contribution < -0.4 is 0 Å². The van der Waals surface area contributed by atoms with Crippen LogP contribution in [0.1, 0.15) is 19.8 Å². The van der Waals surface area contributed by atoms with E-state index < -0.39 is 4.92 Å². The highest BCUT2D eigenvalue weighted by molar-refractivity contribution is 7.97. The molecule has 6 heteroatoms. The van der Waals surface area contributed by atoms with E-state index in [4.69, 9.17) is 0 Å². The second-order valence-corrected chi connectivity index (χ2v) is 3.58. The largest absolute Gasteiger partial charge is 0.358 e. The van der Waals surface area contributed by atoms with Crippen LogP contribution in [0.4, 0.5) is 5.82 Å². The first-order valence-corrected chi connectivity index (χ1v) is 5.00. The zero-order valence-electron chi connectivity index (χ0n) is 7.34. The van der Waals surface area contributed by atoms with Crippen LogP contribution in [-0.2, 0) is 0 Å². The van der Waals surface area contributed by atoms with Gasteiger partial charge in [0, 0.05) is 5.75 Å². The SMILES string of the molecule is CCCCSn1cncc1[N+](=O)[O-]. The Hall–Kier alpha value is -1.04. The molecule has 5 nitrogen and oxygen atoms in total. The second-order valence-electron chi connectivity index (χ2n) is 2.52. The van der Waals surface area contributed by atoms with Crippen molar-refractivity contribution in [3.63, 3.8) is 0 Å². The summed E-state index contributed by atoms with van der Waals surface area (Å²) >= 11 is 1.42. The summed E-state index contributed by atoms with van der Waals surface area (Å²) < 4.78 is 1.50. The highest BCUT2D eigenvalue weighted by Crippen LogP contribution is 2.18. The third kappa shape index (κ3) is 2.73. The van der Waals surface area contributed by atoms with Gasteiger partial charge in [0.05, 0.1) is 11.9 Å². The number of rotatable bonds is 5. The molecule has 0 amide bonds. The van der Waals surface area contributed by atoms with Gasteiger partial charge in [-0.3, -0.25) is 0 Å². The van der Waals surface area contributed by atoms with Gasteiger partial charge < -0.3 is 10.1 Å². The van der Waals surface area contributed by atoms with Crippen LogP contribution in [-0.4, -0.2) is 19.6 Å². The molecule has 0 saturated carbocycles. The Balaban J connectivity index is 2.55. The van der Waals surface area contributed by atoms with Gasteiger partial charge in [0.15, 0.2) is 6.33 Å². The molecule has 72 valence electrons. The first-order chi connectivity index (χ1) is 6.25. The van der Waals surface area contributed by atoms with Gasteiger partial charge in [-0.25, -0.2) is 4.98 Å². The first kappa shape index (κ1) is 10.0. The van der Waals surface area contributed by atoms with Gasteiger partial charge in [-0.2, -0.15) is 0 Å². The molecule has 0 spiro atoms. The van der Waals surface area contributed by atoms with Gasteiger partial charge in [-0.15, -0.1) is 3.97 Å². The Morgan fingerprint density at radius 2 is 2.54 bits per heavy atom. The minimum atomic E-state index is -0.425. The molecule has 0 aliphatic rings. The van der Waals surface area contributed by atoms with Crippen molar-refractivity contribution < 1.29 is 4.92 Å². The van der Waals surface area contributed by atoms with Crippen LogP contribution in [0.15, 0.2) is 12.5 Å². The van der Waals surface area contributed by atoms with Crippen LogP contribution in [0.5, 0.6) is 0 Å². The Kier molecular flexibility index (Phi) is 3.75. The average Bonchev–Trinajstić information content (AvgIpc) is 2.53. The minimum absolute atomic E-state index is 0.0427. The highest BCUT2D eigenvalue weighted by atomic mass is 32.2. The summed E-state index contributed by atoms with van der Waals surface area (Å²) in [4.78, 5) is 13.7. The predicted octanol–water partition coefficient (Wildman–Crippen LogP) is 2.09. The van der Waals surface area contributed by atoms with E-state index in [1.54, 1.807) is 0 Å². The van der Waals surface area contributed by atoms with Crippen molar-refractivity contribution in [3.8, 4) is 0 Å². The summed E-state index contributed by atoms with van der Waals surface area (Å²) in [7, 11) is 0. The van der Waals surface area contributed by atoms with Crippen LogP contribution in [0.3, 0.4) is 0 Å². The Bertz CT molecular complexity index is 287. The topological polar surface area (TPSA) is 61.0 Å². The van der Waals surface area contributed by atoms with Crippen molar-refractivity contribution in [2.45, 2.75) is 19.8 Å². The van der Waals surface area contributed by atoms with Crippen molar-refractivity contribution in [1.29, 1.82) is 0 Å². The molecular formula is C7H11N3O2S. The molecule has 0 aliphatic carbocycles. The molecule has 13 heavy (non-hydrogen) atoms. The lowest BCUT2D eigenvalue weighted by Crippen LogP contribution is -1.95. The maximum absolute atomic E-state index is 10.4. The Morgan fingerprint density at radius 1 is 1.77 bits per heavy atom. The number of hydrogen-bond acceptors (Lipinski definition) is 4. The van der Waals surface area contributed by atoms with Gasteiger partial charge >= 0.3 is 5.82 Å². The molecule has 1 rings (SSSR count). The molecule has 0 fully saturated rings. The smallest absolute Gasteiger partial charge is 0.354 e. The van der Waals surface area contributed by atoms with E-state index in [-0.39, 0.29) is 5.82 Å². The van der Waals surface area contributed by atoms with Gasteiger partial charge in [0.1, 0.15) is 6.20 Å². The average molecular weight is 201 g/mol. The van der Waals surface area contributed by atoms with Crippen molar-refractivity contribution in [1.82, 2.24) is 8.96 Å². The fourth-order valence-electron chi connectivity index (χ4n) is 0.811. The molecule has 0 aromatic carbocycles. The summed E-state index contributed by atoms with van der Waals surface area (Å²) in [5.41, 5.74) is 0. The van der Waals surface area contributed by atoms with E-state index in [9.17, 15) is 10.1 Å². The van der Waals surface area contributed by atoms with Gasteiger partial charge in [0.2, 0.25) is 0 Å². The van der Waals surface area contributed by atoms with Crippen molar-refractivity contribution in [2.75, 3.05) is 5.75 Å². The molecule has 1 heterocycles. The van der Waals surface area contributed by atoms with Crippen LogP contribution in [0.25, 0.3) is 0 Å². The molecule has 0 atom stereocenters. The fraction of sp³-hybridized carbons (Fsp3) is 0.571. The zero-order valence-corrected chi connectivity index (χ0v) is 8.16. The Morgan fingerprint density at radius 3 is 3.15 bits per heavy atom. The van der Waals surface area contributed by atoms with E-state index in [1.807, 2.05) is 0 Å². The van der Waals surface area contributed by atoms with Crippen LogP contribution in [0, 0.1) is 10.1 Å². The van der Waals surface area contributed by atoms with Gasteiger partial charge in [-0.05, 0) is 11.3 Å². The van der Waals surface area contributed by atoms with E-state index in [0.29, 0.717) is 0 Å². The summed E-state index contributed by atoms with van der Waals surface area (Å²) in [6.45, 7) is 2.09.